The number of fused-ring (bicyclic) bond motifs is 1. The molecular formula is C24H25FN4O2S. The predicted molar refractivity (Wildman–Crippen MR) is 124 cm³/mol. The molecule has 0 radical (unpaired) electrons. The fraction of sp³-hybridized carbons (Fsp3) is 0.292. The average Bonchev–Trinajstić information content (AvgIpc) is 2.77. The van der Waals surface area contributed by atoms with E-state index in [1.807, 2.05) is 32.0 Å². The van der Waals surface area contributed by atoms with E-state index in [4.69, 9.17) is 0 Å². The van der Waals surface area contributed by atoms with Crippen LogP contribution in [0.3, 0.4) is 0 Å². The molecule has 8 heteroatoms. The van der Waals surface area contributed by atoms with Crippen LogP contribution in [0.25, 0.3) is 0 Å². The Morgan fingerprint density at radius 2 is 1.97 bits per heavy atom. The van der Waals surface area contributed by atoms with E-state index >= 15 is 0 Å². The predicted octanol–water partition coefficient (Wildman–Crippen LogP) is 3.81. The number of anilines is 1. The van der Waals surface area contributed by atoms with Gasteiger partial charge in [0.2, 0.25) is 5.91 Å². The fourth-order valence-electron chi connectivity index (χ4n) is 3.66. The number of nitrogens with one attached hydrogen (secondary N) is 2. The van der Waals surface area contributed by atoms with Crippen molar-refractivity contribution in [3.05, 3.63) is 86.6 Å². The quantitative estimate of drug-likeness (QED) is 0.439. The first-order chi connectivity index (χ1) is 15.4. The third-order valence-corrected chi connectivity index (χ3v) is 6.45. The SMILES string of the molecule is Cc1ccc(NC(=O)CSc2nc3c(c(=O)[nH]2)CN(Cc2ccc(F)cc2)CC3)cc1C. The molecule has 0 saturated carbocycles. The Balaban J connectivity index is 1.36. The van der Waals surface area contributed by atoms with Gasteiger partial charge in [0.25, 0.3) is 5.56 Å². The lowest BCUT2D eigenvalue weighted by atomic mass is 10.1. The Kier molecular flexibility index (Phi) is 6.72. The molecule has 3 aromatic rings. The molecule has 0 fully saturated rings. The van der Waals surface area contributed by atoms with E-state index < -0.39 is 0 Å². The summed E-state index contributed by atoms with van der Waals surface area (Å²) >= 11 is 1.22. The molecule has 2 N–H and O–H groups in total. The van der Waals surface area contributed by atoms with E-state index in [2.05, 4.69) is 20.2 Å². The van der Waals surface area contributed by atoms with Gasteiger partial charge in [0.15, 0.2) is 5.16 Å². The second-order valence-electron chi connectivity index (χ2n) is 8.02. The molecule has 2 heterocycles. The zero-order valence-electron chi connectivity index (χ0n) is 18.1. The van der Waals surface area contributed by atoms with Gasteiger partial charge in [-0.15, -0.1) is 0 Å². The number of nitrogens with zero attached hydrogens (tertiary/aromatic N) is 2. The van der Waals surface area contributed by atoms with Crippen molar-refractivity contribution in [2.24, 2.45) is 0 Å². The molecule has 32 heavy (non-hydrogen) atoms. The molecule has 166 valence electrons. The zero-order valence-corrected chi connectivity index (χ0v) is 18.9. The number of rotatable bonds is 6. The highest BCUT2D eigenvalue weighted by Gasteiger charge is 2.21. The number of H-pyrrole nitrogens is 1. The number of benzene rings is 2. The Bertz CT molecular complexity index is 1190. The summed E-state index contributed by atoms with van der Waals surface area (Å²) in [6.07, 6.45) is 0.656. The maximum Gasteiger partial charge on any atom is 0.256 e. The maximum absolute atomic E-state index is 13.1. The number of carbonyl (C=O) groups is 1. The summed E-state index contributed by atoms with van der Waals surface area (Å²) < 4.78 is 13.1. The van der Waals surface area contributed by atoms with Crippen molar-refractivity contribution >= 4 is 23.4 Å². The van der Waals surface area contributed by atoms with Crippen LogP contribution in [0, 0.1) is 19.7 Å². The number of hydrogen-bond donors (Lipinski definition) is 2. The minimum atomic E-state index is -0.258. The molecule has 6 nitrogen and oxygen atoms in total. The first kappa shape index (κ1) is 22.2. The highest BCUT2D eigenvalue weighted by atomic mass is 32.2. The molecule has 1 aliphatic rings. The highest BCUT2D eigenvalue weighted by molar-refractivity contribution is 7.99. The largest absolute Gasteiger partial charge is 0.325 e. The molecule has 0 bridgehead atoms. The molecule has 0 spiro atoms. The van der Waals surface area contributed by atoms with Crippen LogP contribution in [0.2, 0.25) is 0 Å². The van der Waals surface area contributed by atoms with E-state index in [1.54, 1.807) is 12.1 Å². The Labute approximate surface area is 190 Å². The Morgan fingerprint density at radius 3 is 2.72 bits per heavy atom. The van der Waals surface area contributed by atoms with Crippen LogP contribution in [0.1, 0.15) is 27.9 Å². The van der Waals surface area contributed by atoms with Crippen molar-refractivity contribution < 1.29 is 9.18 Å². The van der Waals surface area contributed by atoms with Crippen molar-refractivity contribution in [3.63, 3.8) is 0 Å². The van der Waals surface area contributed by atoms with Gasteiger partial charge in [-0.2, -0.15) is 0 Å². The molecule has 0 aliphatic carbocycles. The van der Waals surface area contributed by atoms with E-state index in [0.29, 0.717) is 30.2 Å². The average molecular weight is 453 g/mol. The van der Waals surface area contributed by atoms with Crippen LogP contribution < -0.4 is 10.9 Å². The van der Waals surface area contributed by atoms with Gasteiger partial charge in [-0.3, -0.25) is 14.5 Å². The van der Waals surface area contributed by atoms with Crippen LogP contribution in [0.4, 0.5) is 10.1 Å². The number of amides is 1. The number of hydrogen-bond acceptors (Lipinski definition) is 5. The Hall–Kier alpha value is -2.97. The summed E-state index contributed by atoms with van der Waals surface area (Å²) in [5.41, 5.74) is 5.31. The van der Waals surface area contributed by atoms with Crippen molar-refractivity contribution in [1.82, 2.24) is 14.9 Å². The summed E-state index contributed by atoms with van der Waals surface area (Å²) in [5, 5.41) is 3.33. The second-order valence-corrected chi connectivity index (χ2v) is 8.98. The highest BCUT2D eigenvalue weighted by Crippen LogP contribution is 2.20. The molecule has 1 aromatic heterocycles. The molecule has 1 aliphatic heterocycles. The summed E-state index contributed by atoms with van der Waals surface area (Å²) in [5.74, 6) is -0.249. The molecule has 2 aromatic carbocycles. The first-order valence-electron chi connectivity index (χ1n) is 10.5. The van der Waals surface area contributed by atoms with Gasteiger partial charge in [-0.05, 0) is 54.8 Å². The third-order valence-electron chi connectivity index (χ3n) is 5.58. The molecule has 4 rings (SSSR count). The lowest BCUT2D eigenvalue weighted by Crippen LogP contribution is -2.35. The zero-order chi connectivity index (χ0) is 22.7. The van der Waals surface area contributed by atoms with Gasteiger partial charge in [-0.25, -0.2) is 9.37 Å². The second kappa shape index (κ2) is 9.67. The molecule has 0 unspecified atom stereocenters. The van der Waals surface area contributed by atoms with E-state index in [0.717, 1.165) is 29.1 Å². The number of aromatic nitrogens is 2. The first-order valence-corrected chi connectivity index (χ1v) is 11.4. The molecule has 0 atom stereocenters. The van der Waals surface area contributed by atoms with Gasteiger partial charge in [0.1, 0.15) is 5.82 Å². The molecule has 0 saturated heterocycles. The van der Waals surface area contributed by atoms with Crippen molar-refractivity contribution in [2.45, 2.75) is 38.5 Å². The van der Waals surface area contributed by atoms with E-state index in [9.17, 15) is 14.0 Å². The van der Waals surface area contributed by atoms with Gasteiger partial charge in [0, 0.05) is 31.7 Å². The smallest absolute Gasteiger partial charge is 0.256 e. The minimum absolute atomic E-state index is 0.149. The van der Waals surface area contributed by atoms with Gasteiger partial charge in [-0.1, -0.05) is 30.0 Å². The lowest BCUT2D eigenvalue weighted by Gasteiger charge is -2.27. The molecule has 1 amide bonds. The van der Waals surface area contributed by atoms with Crippen LogP contribution in [-0.2, 0) is 24.3 Å². The maximum atomic E-state index is 13.1. The van der Waals surface area contributed by atoms with Crippen LogP contribution in [-0.4, -0.2) is 33.1 Å². The van der Waals surface area contributed by atoms with Crippen LogP contribution in [0.15, 0.2) is 52.4 Å². The van der Waals surface area contributed by atoms with Gasteiger partial charge >= 0.3 is 0 Å². The van der Waals surface area contributed by atoms with E-state index in [-0.39, 0.29) is 23.0 Å². The minimum Gasteiger partial charge on any atom is -0.325 e. The van der Waals surface area contributed by atoms with Crippen molar-refractivity contribution in [3.8, 4) is 0 Å². The normalized spacial score (nSPS) is 13.6. The third kappa shape index (κ3) is 5.44. The number of halogens is 1. The standard InChI is InChI=1S/C24H25FN4O2S/c1-15-3-8-19(11-16(15)2)26-22(30)14-32-24-27-21-9-10-29(13-20(21)23(31)28-24)12-17-4-6-18(25)7-5-17/h3-8,11H,9-10,12-14H2,1-2H3,(H,26,30)(H,27,28,31). The number of carbonyl (C=O) groups excluding carboxylic acids is 1. The summed E-state index contributed by atoms with van der Waals surface area (Å²) in [6, 6.07) is 12.2. The number of aromatic amines is 1. The van der Waals surface area contributed by atoms with Crippen LogP contribution >= 0.6 is 11.8 Å². The topological polar surface area (TPSA) is 78.1 Å². The number of thioether (sulfide) groups is 1. The van der Waals surface area contributed by atoms with Crippen molar-refractivity contribution in [1.29, 1.82) is 0 Å². The monoisotopic (exact) mass is 452 g/mol. The lowest BCUT2D eigenvalue weighted by molar-refractivity contribution is -0.113. The van der Waals surface area contributed by atoms with Gasteiger partial charge < -0.3 is 10.3 Å². The van der Waals surface area contributed by atoms with Gasteiger partial charge in [0.05, 0.1) is 17.0 Å². The molecular weight excluding hydrogens is 427 g/mol. The summed E-state index contributed by atoms with van der Waals surface area (Å²) in [4.78, 5) is 34.5. The Morgan fingerprint density at radius 1 is 1.19 bits per heavy atom. The van der Waals surface area contributed by atoms with Crippen molar-refractivity contribution in [2.75, 3.05) is 17.6 Å². The summed E-state index contributed by atoms with van der Waals surface area (Å²) in [7, 11) is 0. The van der Waals surface area contributed by atoms with Crippen LogP contribution in [0.5, 0.6) is 0 Å². The number of aryl methyl sites for hydroxylation is 2. The summed E-state index contributed by atoms with van der Waals surface area (Å²) in [6.45, 7) is 5.93. The fourth-order valence-corrected chi connectivity index (χ4v) is 4.34. The van der Waals surface area contributed by atoms with E-state index in [1.165, 1.54) is 29.5 Å².